The zero-order valence-electron chi connectivity index (χ0n) is 11.3. The van der Waals surface area contributed by atoms with Gasteiger partial charge in [-0.3, -0.25) is 4.55 Å². The largest absolute Gasteiger partial charge is 0.397 e. The molecule has 0 aromatic heterocycles. The maximum atomic E-state index is 10.6. The van der Waals surface area contributed by atoms with Crippen LogP contribution in [-0.2, 0) is 33.5 Å². The Bertz CT molecular complexity index is 370. The quantitative estimate of drug-likeness (QED) is 0.676. The molecule has 0 aromatic carbocycles. The van der Waals surface area contributed by atoms with Crippen LogP contribution in [0.4, 0.5) is 0 Å². The molecule has 1 rings (SSSR count). The first-order valence-electron chi connectivity index (χ1n) is 5.69. The Labute approximate surface area is 112 Å². The van der Waals surface area contributed by atoms with Gasteiger partial charge in [-0.2, -0.15) is 8.42 Å². The van der Waals surface area contributed by atoms with E-state index in [-0.39, 0.29) is 18.6 Å². The summed E-state index contributed by atoms with van der Waals surface area (Å²) >= 11 is 0. The first-order chi connectivity index (χ1) is 8.84. The summed E-state index contributed by atoms with van der Waals surface area (Å²) in [6.45, 7) is 1.49. The van der Waals surface area contributed by atoms with Crippen molar-refractivity contribution in [2.24, 2.45) is 5.92 Å². The zero-order valence-corrected chi connectivity index (χ0v) is 12.1. The van der Waals surface area contributed by atoms with Crippen molar-refractivity contribution in [3.8, 4) is 0 Å². The molecule has 19 heavy (non-hydrogen) atoms. The fraction of sp³-hybridized carbons (Fsp3) is 1.00. The second-order valence-corrected chi connectivity index (χ2v) is 5.34. The fourth-order valence-corrected chi connectivity index (χ4v) is 2.47. The van der Waals surface area contributed by atoms with E-state index in [2.05, 4.69) is 4.18 Å². The van der Waals surface area contributed by atoms with Crippen molar-refractivity contribution >= 4 is 10.4 Å². The van der Waals surface area contributed by atoms with Crippen LogP contribution >= 0.6 is 0 Å². The van der Waals surface area contributed by atoms with Crippen LogP contribution in [0.5, 0.6) is 0 Å². The van der Waals surface area contributed by atoms with Crippen molar-refractivity contribution < 1.29 is 36.1 Å². The highest BCUT2D eigenvalue weighted by atomic mass is 32.3. The van der Waals surface area contributed by atoms with Gasteiger partial charge in [-0.15, -0.1) is 0 Å². The minimum atomic E-state index is -4.51. The average Bonchev–Trinajstić information content (AvgIpc) is 2.35. The lowest BCUT2D eigenvalue weighted by molar-refractivity contribution is -0.288. The Morgan fingerprint density at radius 3 is 2.11 bits per heavy atom. The molecule has 5 atom stereocenters. The average molecular weight is 300 g/mol. The second kappa shape index (κ2) is 6.93. The van der Waals surface area contributed by atoms with Gasteiger partial charge >= 0.3 is 10.4 Å². The maximum absolute atomic E-state index is 10.6. The Balaban J connectivity index is 2.78. The fourth-order valence-electron chi connectivity index (χ4n) is 2.17. The molecule has 0 spiro atoms. The van der Waals surface area contributed by atoms with Crippen molar-refractivity contribution in [2.75, 3.05) is 27.9 Å². The normalized spacial score (nSPS) is 36.4. The molecule has 1 heterocycles. The Morgan fingerprint density at radius 2 is 1.68 bits per heavy atom. The van der Waals surface area contributed by atoms with Crippen LogP contribution in [0.3, 0.4) is 0 Å². The minimum Gasteiger partial charge on any atom is -0.378 e. The molecule has 1 fully saturated rings. The van der Waals surface area contributed by atoms with Gasteiger partial charge in [0.2, 0.25) is 0 Å². The van der Waals surface area contributed by atoms with E-state index in [4.69, 9.17) is 23.5 Å². The van der Waals surface area contributed by atoms with Gasteiger partial charge in [0.05, 0.1) is 18.8 Å². The molecule has 1 aliphatic heterocycles. The molecule has 0 amide bonds. The highest BCUT2D eigenvalue weighted by Gasteiger charge is 2.45. The van der Waals surface area contributed by atoms with Crippen LogP contribution in [0.2, 0.25) is 0 Å². The smallest absolute Gasteiger partial charge is 0.378 e. The second-order valence-electron chi connectivity index (χ2n) is 4.25. The van der Waals surface area contributed by atoms with E-state index in [0.717, 1.165) is 0 Å². The molecule has 1 saturated heterocycles. The molecule has 0 saturated carbocycles. The molecule has 1 aliphatic rings. The molecule has 0 bridgehead atoms. The highest BCUT2D eigenvalue weighted by Crippen LogP contribution is 2.30. The lowest BCUT2D eigenvalue weighted by atomic mass is 9.90. The number of hydrogen-bond donors (Lipinski definition) is 1. The van der Waals surface area contributed by atoms with Crippen LogP contribution in [0.1, 0.15) is 6.92 Å². The lowest BCUT2D eigenvalue weighted by Gasteiger charge is -2.43. The van der Waals surface area contributed by atoms with Crippen molar-refractivity contribution in [1.29, 1.82) is 0 Å². The van der Waals surface area contributed by atoms with E-state index >= 15 is 0 Å². The van der Waals surface area contributed by atoms with Gasteiger partial charge in [0.25, 0.3) is 0 Å². The van der Waals surface area contributed by atoms with E-state index in [1.54, 1.807) is 0 Å². The van der Waals surface area contributed by atoms with Gasteiger partial charge in [0, 0.05) is 27.2 Å². The molecule has 2 unspecified atom stereocenters. The van der Waals surface area contributed by atoms with E-state index in [1.807, 2.05) is 6.92 Å². The first kappa shape index (κ1) is 16.8. The summed E-state index contributed by atoms with van der Waals surface area (Å²) in [5.41, 5.74) is 0. The van der Waals surface area contributed by atoms with Crippen LogP contribution in [0.25, 0.3) is 0 Å². The van der Waals surface area contributed by atoms with Crippen LogP contribution in [-0.4, -0.2) is 65.5 Å². The molecule has 0 radical (unpaired) electrons. The van der Waals surface area contributed by atoms with Crippen LogP contribution in [0.15, 0.2) is 0 Å². The van der Waals surface area contributed by atoms with Gasteiger partial charge in [0.15, 0.2) is 6.29 Å². The lowest BCUT2D eigenvalue weighted by Crippen LogP contribution is -2.56. The Kier molecular flexibility index (Phi) is 6.12. The first-order valence-corrected chi connectivity index (χ1v) is 7.06. The van der Waals surface area contributed by atoms with Crippen LogP contribution in [0, 0.1) is 5.92 Å². The van der Waals surface area contributed by atoms with Crippen LogP contribution < -0.4 is 0 Å². The van der Waals surface area contributed by atoms with Gasteiger partial charge in [-0.1, -0.05) is 6.92 Å². The monoisotopic (exact) mass is 300 g/mol. The predicted molar refractivity (Wildman–Crippen MR) is 63.9 cm³/mol. The summed E-state index contributed by atoms with van der Waals surface area (Å²) < 4.78 is 55.4. The molecule has 9 heteroatoms. The Hall–Kier alpha value is -0.290. The Morgan fingerprint density at radius 1 is 1.11 bits per heavy atom. The third-order valence-corrected chi connectivity index (χ3v) is 3.60. The molecule has 0 aliphatic carbocycles. The number of hydrogen-bond acceptors (Lipinski definition) is 7. The summed E-state index contributed by atoms with van der Waals surface area (Å²) in [6, 6.07) is 0. The maximum Gasteiger partial charge on any atom is 0.397 e. The topological polar surface area (TPSA) is 101 Å². The van der Waals surface area contributed by atoms with Crippen molar-refractivity contribution in [1.82, 2.24) is 0 Å². The number of rotatable bonds is 6. The zero-order chi connectivity index (χ0) is 14.6. The number of ether oxygens (including phenoxy) is 4. The van der Waals surface area contributed by atoms with Gasteiger partial charge in [-0.25, -0.2) is 4.18 Å². The molecule has 0 aromatic rings. The molecular formula is C10H20O8S. The van der Waals surface area contributed by atoms with Gasteiger partial charge < -0.3 is 18.9 Å². The van der Waals surface area contributed by atoms with Crippen molar-refractivity contribution in [2.45, 2.75) is 31.5 Å². The molecule has 114 valence electrons. The predicted octanol–water partition coefficient (Wildman–Crippen LogP) is -0.157. The summed E-state index contributed by atoms with van der Waals surface area (Å²) in [4.78, 5) is 0. The molecule has 1 N–H and O–H groups in total. The summed E-state index contributed by atoms with van der Waals surface area (Å²) in [6.07, 6.45) is -2.10. The number of methoxy groups -OCH3 is 3. The third-order valence-electron chi connectivity index (χ3n) is 3.16. The van der Waals surface area contributed by atoms with E-state index in [1.165, 1.54) is 21.3 Å². The summed E-state index contributed by atoms with van der Waals surface area (Å²) in [5, 5.41) is 0. The van der Waals surface area contributed by atoms with Gasteiger partial charge in [-0.05, 0) is 0 Å². The highest BCUT2D eigenvalue weighted by molar-refractivity contribution is 7.80. The van der Waals surface area contributed by atoms with E-state index in [9.17, 15) is 8.42 Å². The molecular weight excluding hydrogens is 280 g/mol. The summed E-state index contributed by atoms with van der Waals surface area (Å²) in [7, 11) is -0.0353. The third kappa shape index (κ3) is 4.35. The standard InChI is InChI=1S/C10H20O8S/c1-6-7(5-17-19(11,12)13)18-10(16-4)9(15-3)8(6)14-2/h6-10H,5H2,1-4H3,(H,11,12,13)/t6?,7?,8-,9-,10+/m0/s1. The van der Waals surface area contributed by atoms with E-state index in [0.29, 0.717) is 0 Å². The summed E-state index contributed by atoms with van der Waals surface area (Å²) in [5.74, 6) is -0.205. The minimum absolute atomic E-state index is 0.205. The van der Waals surface area contributed by atoms with Gasteiger partial charge in [0.1, 0.15) is 6.10 Å². The van der Waals surface area contributed by atoms with E-state index < -0.39 is 28.9 Å². The SMILES string of the molecule is CO[C@@H]1OC(COS(=O)(=O)O)C(C)[C@H](OC)[C@@H]1OC. The molecule has 8 nitrogen and oxygen atoms in total. The van der Waals surface area contributed by atoms with Crippen molar-refractivity contribution in [3.05, 3.63) is 0 Å². The van der Waals surface area contributed by atoms with Crippen molar-refractivity contribution in [3.63, 3.8) is 0 Å².